The smallest absolute Gasteiger partial charge is 0.0339 e. The highest BCUT2D eigenvalue weighted by Gasteiger charge is 2.15. The van der Waals surface area contributed by atoms with Crippen LogP contribution in [0.2, 0.25) is 0 Å². The van der Waals surface area contributed by atoms with Gasteiger partial charge in [0.1, 0.15) is 0 Å². The fourth-order valence-corrected chi connectivity index (χ4v) is 3.94. The van der Waals surface area contributed by atoms with Gasteiger partial charge in [0.15, 0.2) is 0 Å². The molecule has 42 heavy (non-hydrogen) atoms. The molecule has 0 atom stereocenters. The first-order valence-corrected chi connectivity index (χ1v) is 16.1. The molecule has 0 aromatic heterocycles. The minimum atomic E-state index is 0.309. The van der Waals surface area contributed by atoms with E-state index in [1.165, 1.54) is 27.8 Å². The van der Waals surface area contributed by atoms with Crippen LogP contribution in [0, 0.1) is 0 Å². The van der Waals surface area contributed by atoms with Crippen LogP contribution in [0.15, 0.2) is 152 Å². The maximum absolute atomic E-state index is 2.20. The number of rotatable bonds is 5. The Hall–Kier alpha value is -3.90. The second kappa shape index (κ2) is 30.1. The van der Waals surface area contributed by atoms with E-state index in [1.807, 2.05) is 69.2 Å². The number of hydrogen-bond donors (Lipinski definition) is 0. The van der Waals surface area contributed by atoms with Crippen LogP contribution in [0.5, 0.6) is 0 Å². The maximum atomic E-state index is 2.20. The van der Waals surface area contributed by atoms with Crippen LogP contribution in [0.3, 0.4) is 0 Å². The van der Waals surface area contributed by atoms with Gasteiger partial charge in [0, 0.05) is 5.92 Å². The Morgan fingerprint density at radius 3 is 0.690 bits per heavy atom. The van der Waals surface area contributed by atoms with Gasteiger partial charge in [-0.3, -0.25) is 0 Å². The molecular weight excluding hydrogens is 504 g/mol. The Morgan fingerprint density at radius 2 is 0.476 bits per heavy atom. The summed E-state index contributed by atoms with van der Waals surface area (Å²) in [5.41, 5.74) is 6.74. The predicted molar refractivity (Wildman–Crippen MR) is 193 cm³/mol. The van der Waals surface area contributed by atoms with Gasteiger partial charge in [0.25, 0.3) is 0 Å². The summed E-state index contributed by atoms with van der Waals surface area (Å²) in [6.45, 7) is 20.0. The van der Waals surface area contributed by atoms with Crippen LogP contribution in [0.4, 0.5) is 0 Å². The van der Waals surface area contributed by atoms with E-state index in [-0.39, 0.29) is 0 Å². The number of benzene rings is 5. The van der Waals surface area contributed by atoms with Crippen molar-refractivity contribution in [1.29, 1.82) is 0 Å². The molecule has 0 fully saturated rings. The molecule has 0 unspecified atom stereocenters. The summed E-state index contributed by atoms with van der Waals surface area (Å²) in [6.07, 6.45) is 1.03. The van der Waals surface area contributed by atoms with Crippen molar-refractivity contribution in [2.24, 2.45) is 0 Å². The zero-order valence-corrected chi connectivity index (χ0v) is 28.2. The van der Waals surface area contributed by atoms with Gasteiger partial charge < -0.3 is 0 Å². The van der Waals surface area contributed by atoms with Crippen LogP contribution >= 0.6 is 0 Å². The van der Waals surface area contributed by atoms with E-state index in [2.05, 4.69) is 152 Å². The molecule has 0 aliphatic rings. The first-order valence-electron chi connectivity index (χ1n) is 16.1. The standard InChI is InChI=1S/C19H16.C13H12.5C2H6/c1-4-10-16(11-5-1)19(17-12-6-2-7-13-17)18-14-8-3-9-15-18;1-3-7-12(8-4-1)11-13-9-5-2-6-10-13;5*1-2/h1-15,19H;1-10H,11H2;5*1-2H3. The first kappa shape index (κ1) is 40.2. The summed E-state index contributed by atoms with van der Waals surface area (Å²) >= 11 is 0. The highest BCUT2D eigenvalue weighted by atomic mass is 14.2. The van der Waals surface area contributed by atoms with Gasteiger partial charge in [-0.15, -0.1) is 0 Å². The predicted octanol–water partition coefficient (Wildman–Crippen LogP) is 13.3. The van der Waals surface area contributed by atoms with Crippen molar-refractivity contribution in [3.8, 4) is 0 Å². The molecule has 0 nitrogen and oxygen atoms in total. The van der Waals surface area contributed by atoms with Crippen molar-refractivity contribution in [3.63, 3.8) is 0 Å². The summed E-state index contributed by atoms with van der Waals surface area (Å²) in [5.74, 6) is 0.309. The monoisotopic (exact) mass is 562 g/mol. The molecule has 0 aliphatic heterocycles. The van der Waals surface area contributed by atoms with Crippen LogP contribution in [-0.2, 0) is 6.42 Å². The normalized spacial score (nSPS) is 8.55. The zero-order valence-electron chi connectivity index (χ0n) is 28.2. The van der Waals surface area contributed by atoms with Crippen LogP contribution in [0.25, 0.3) is 0 Å². The van der Waals surface area contributed by atoms with E-state index in [1.54, 1.807) is 0 Å². The molecule has 0 saturated carbocycles. The van der Waals surface area contributed by atoms with Crippen molar-refractivity contribution in [1.82, 2.24) is 0 Å². The Kier molecular flexibility index (Phi) is 28.8. The van der Waals surface area contributed by atoms with Gasteiger partial charge in [0.05, 0.1) is 0 Å². The Balaban J connectivity index is 0. The fraction of sp³-hybridized carbons (Fsp3) is 0.286. The third-order valence-electron chi connectivity index (χ3n) is 5.49. The minimum absolute atomic E-state index is 0.309. The molecule has 0 amide bonds. The molecule has 0 bridgehead atoms. The summed E-state index contributed by atoms with van der Waals surface area (Å²) in [6, 6.07) is 53.1. The summed E-state index contributed by atoms with van der Waals surface area (Å²) in [4.78, 5) is 0. The van der Waals surface area contributed by atoms with Crippen LogP contribution in [-0.4, -0.2) is 0 Å². The quantitative estimate of drug-likeness (QED) is 0.187. The molecule has 0 radical (unpaired) electrons. The topological polar surface area (TPSA) is 0 Å². The van der Waals surface area contributed by atoms with Gasteiger partial charge in [-0.05, 0) is 34.2 Å². The van der Waals surface area contributed by atoms with Crippen molar-refractivity contribution in [2.75, 3.05) is 0 Å². The van der Waals surface area contributed by atoms with E-state index in [9.17, 15) is 0 Å². The van der Waals surface area contributed by atoms with Crippen LogP contribution in [0.1, 0.15) is 103 Å². The third-order valence-corrected chi connectivity index (χ3v) is 5.49. The summed E-state index contributed by atoms with van der Waals surface area (Å²) in [5, 5.41) is 0. The first-order chi connectivity index (χ1) is 20.9. The van der Waals surface area contributed by atoms with Crippen molar-refractivity contribution in [2.45, 2.75) is 81.6 Å². The molecule has 0 saturated heterocycles. The molecule has 0 heterocycles. The molecule has 0 heteroatoms. The molecule has 226 valence electrons. The molecular formula is C42H58. The van der Waals surface area contributed by atoms with Gasteiger partial charge in [-0.2, -0.15) is 0 Å². The van der Waals surface area contributed by atoms with Gasteiger partial charge in [-0.25, -0.2) is 0 Å². The Morgan fingerprint density at radius 1 is 0.286 bits per heavy atom. The highest BCUT2D eigenvalue weighted by molar-refractivity contribution is 5.42. The maximum Gasteiger partial charge on any atom is 0.0339 e. The van der Waals surface area contributed by atoms with Gasteiger partial charge in [-0.1, -0.05) is 221 Å². The zero-order chi connectivity index (χ0) is 31.8. The molecule has 0 spiro atoms. The summed E-state index contributed by atoms with van der Waals surface area (Å²) in [7, 11) is 0. The Bertz CT molecular complexity index is 1020. The van der Waals surface area contributed by atoms with E-state index in [4.69, 9.17) is 0 Å². The molecule has 5 rings (SSSR count). The molecule has 5 aromatic rings. The van der Waals surface area contributed by atoms with Crippen LogP contribution < -0.4 is 0 Å². The molecule has 0 aliphatic carbocycles. The Labute approximate surface area is 260 Å². The lowest BCUT2D eigenvalue weighted by Crippen LogP contribution is -2.02. The largest absolute Gasteiger partial charge is 0.0683 e. The highest BCUT2D eigenvalue weighted by Crippen LogP contribution is 2.31. The van der Waals surface area contributed by atoms with Crippen molar-refractivity contribution >= 4 is 0 Å². The molecule has 5 aromatic carbocycles. The average molecular weight is 563 g/mol. The lowest BCUT2D eigenvalue weighted by molar-refractivity contribution is 0.977. The van der Waals surface area contributed by atoms with Gasteiger partial charge in [0.2, 0.25) is 0 Å². The van der Waals surface area contributed by atoms with E-state index in [0.717, 1.165) is 6.42 Å². The third kappa shape index (κ3) is 16.4. The molecule has 0 N–H and O–H groups in total. The van der Waals surface area contributed by atoms with E-state index < -0.39 is 0 Å². The van der Waals surface area contributed by atoms with Gasteiger partial charge >= 0.3 is 0 Å². The number of hydrogen-bond acceptors (Lipinski definition) is 0. The fourth-order valence-electron chi connectivity index (χ4n) is 3.94. The minimum Gasteiger partial charge on any atom is -0.0683 e. The summed E-state index contributed by atoms with van der Waals surface area (Å²) < 4.78 is 0. The second-order valence-corrected chi connectivity index (χ2v) is 7.81. The second-order valence-electron chi connectivity index (χ2n) is 7.81. The van der Waals surface area contributed by atoms with E-state index in [0.29, 0.717) is 5.92 Å². The van der Waals surface area contributed by atoms with E-state index >= 15 is 0 Å². The van der Waals surface area contributed by atoms with Crippen molar-refractivity contribution < 1.29 is 0 Å². The SMILES string of the molecule is CC.CC.CC.CC.CC.c1ccc(C(c2ccccc2)c2ccccc2)cc1.c1ccc(Cc2ccccc2)cc1. The lowest BCUT2D eigenvalue weighted by Gasteiger charge is -2.18. The average Bonchev–Trinajstić information content (AvgIpc) is 3.12. The van der Waals surface area contributed by atoms with Crippen molar-refractivity contribution in [3.05, 3.63) is 179 Å². The lowest BCUT2D eigenvalue weighted by atomic mass is 9.85.